The lowest BCUT2D eigenvalue weighted by Crippen LogP contribution is -2.50. The number of nitrogens with zero attached hydrogens (tertiary/aromatic N) is 3. The largest absolute Gasteiger partial charge is 0.494 e. The highest BCUT2D eigenvalue weighted by Crippen LogP contribution is 2.36. The number of benzene rings is 1. The first-order chi connectivity index (χ1) is 13.2. The van der Waals surface area contributed by atoms with E-state index in [2.05, 4.69) is 5.10 Å². The minimum atomic E-state index is -0.316. The summed E-state index contributed by atoms with van der Waals surface area (Å²) in [6, 6.07) is 10.8. The fourth-order valence-corrected chi connectivity index (χ4v) is 4.51. The van der Waals surface area contributed by atoms with Crippen LogP contribution in [0.5, 0.6) is 5.75 Å². The van der Waals surface area contributed by atoms with Crippen LogP contribution in [0.4, 0.5) is 0 Å². The van der Waals surface area contributed by atoms with Crippen molar-refractivity contribution in [1.82, 2.24) is 14.7 Å². The Kier molecular flexibility index (Phi) is 4.97. The Bertz CT molecular complexity index is 876. The molecule has 1 saturated heterocycles. The van der Waals surface area contributed by atoms with Crippen LogP contribution in [0.25, 0.3) is 5.69 Å². The van der Waals surface area contributed by atoms with Crippen LogP contribution < -0.4 is 10.3 Å². The molecular formula is C21H25N3O3. The fourth-order valence-electron chi connectivity index (χ4n) is 4.51. The number of amides is 1. The molecular weight excluding hydrogens is 342 g/mol. The van der Waals surface area contributed by atoms with Gasteiger partial charge >= 0.3 is 0 Å². The Morgan fingerprint density at radius 3 is 2.63 bits per heavy atom. The molecule has 142 valence electrons. The summed E-state index contributed by atoms with van der Waals surface area (Å²) in [6.07, 6.45) is 6.89. The van der Waals surface area contributed by atoms with Crippen molar-refractivity contribution >= 4 is 5.91 Å². The molecule has 1 aromatic carbocycles. The molecule has 0 N–H and O–H groups in total. The Morgan fingerprint density at radius 1 is 1.11 bits per heavy atom. The molecule has 1 amide bonds. The maximum absolute atomic E-state index is 13.4. The Labute approximate surface area is 158 Å². The van der Waals surface area contributed by atoms with Crippen LogP contribution in [0.15, 0.2) is 41.2 Å². The van der Waals surface area contributed by atoms with Crippen molar-refractivity contribution in [3.63, 3.8) is 0 Å². The van der Waals surface area contributed by atoms with Gasteiger partial charge in [-0.2, -0.15) is 9.78 Å². The number of ether oxygens (including phenoxy) is 1. The lowest BCUT2D eigenvalue weighted by Gasteiger charge is -2.44. The first-order valence-corrected chi connectivity index (χ1v) is 9.74. The summed E-state index contributed by atoms with van der Waals surface area (Å²) in [5.41, 5.74) is 0.532. The second-order valence-electron chi connectivity index (χ2n) is 7.40. The van der Waals surface area contributed by atoms with E-state index in [1.807, 2.05) is 23.1 Å². The van der Waals surface area contributed by atoms with Gasteiger partial charge in [-0.3, -0.25) is 9.59 Å². The van der Waals surface area contributed by atoms with Crippen LogP contribution >= 0.6 is 0 Å². The minimum Gasteiger partial charge on any atom is -0.494 e. The Balaban J connectivity index is 1.73. The minimum absolute atomic E-state index is 0.131. The summed E-state index contributed by atoms with van der Waals surface area (Å²) in [7, 11) is 1.47. The normalized spacial score (nSPS) is 22.2. The van der Waals surface area contributed by atoms with E-state index in [0.717, 1.165) is 19.4 Å². The molecule has 1 aromatic heterocycles. The Hall–Kier alpha value is -2.63. The van der Waals surface area contributed by atoms with Crippen molar-refractivity contribution in [2.45, 2.75) is 44.6 Å². The third kappa shape index (κ3) is 3.36. The molecule has 0 bridgehead atoms. The number of fused-ring (bicyclic) bond motifs is 1. The van der Waals surface area contributed by atoms with Gasteiger partial charge in [0, 0.05) is 12.6 Å². The van der Waals surface area contributed by atoms with Gasteiger partial charge in [0.2, 0.25) is 0 Å². The predicted molar refractivity (Wildman–Crippen MR) is 102 cm³/mol. The van der Waals surface area contributed by atoms with Gasteiger partial charge in [-0.1, -0.05) is 31.0 Å². The van der Waals surface area contributed by atoms with Crippen molar-refractivity contribution in [3.05, 3.63) is 52.4 Å². The van der Waals surface area contributed by atoms with E-state index in [-0.39, 0.29) is 29.0 Å². The summed E-state index contributed by atoms with van der Waals surface area (Å²) >= 11 is 0. The van der Waals surface area contributed by atoms with Gasteiger partial charge in [-0.25, -0.2) is 0 Å². The molecule has 6 heteroatoms. The van der Waals surface area contributed by atoms with Crippen molar-refractivity contribution in [2.24, 2.45) is 5.92 Å². The third-order valence-corrected chi connectivity index (χ3v) is 5.82. The van der Waals surface area contributed by atoms with Crippen molar-refractivity contribution < 1.29 is 9.53 Å². The fraction of sp³-hybridized carbons (Fsp3) is 0.476. The predicted octanol–water partition coefficient (Wildman–Crippen LogP) is 3.04. The van der Waals surface area contributed by atoms with E-state index in [0.29, 0.717) is 11.6 Å². The summed E-state index contributed by atoms with van der Waals surface area (Å²) in [4.78, 5) is 27.8. The maximum atomic E-state index is 13.4. The molecule has 1 aliphatic carbocycles. The first kappa shape index (κ1) is 17.8. The molecule has 2 atom stereocenters. The second-order valence-corrected chi connectivity index (χ2v) is 7.40. The van der Waals surface area contributed by atoms with E-state index in [4.69, 9.17) is 4.74 Å². The molecule has 2 fully saturated rings. The highest BCUT2D eigenvalue weighted by molar-refractivity contribution is 5.95. The monoisotopic (exact) mass is 367 g/mol. The summed E-state index contributed by atoms with van der Waals surface area (Å²) in [6.45, 7) is 0.745. The topological polar surface area (TPSA) is 64.4 Å². The molecule has 6 nitrogen and oxygen atoms in total. The number of carbonyl (C=O) groups is 1. The number of piperidine rings is 1. The number of aromatic nitrogens is 2. The lowest BCUT2D eigenvalue weighted by molar-refractivity contribution is 0.0380. The van der Waals surface area contributed by atoms with Crippen molar-refractivity contribution in [1.29, 1.82) is 0 Å². The molecule has 1 saturated carbocycles. The second kappa shape index (κ2) is 7.55. The molecule has 2 unspecified atom stereocenters. The van der Waals surface area contributed by atoms with Gasteiger partial charge in [-0.15, -0.1) is 0 Å². The highest BCUT2D eigenvalue weighted by Gasteiger charge is 2.37. The Morgan fingerprint density at radius 2 is 1.85 bits per heavy atom. The zero-order chi connectivity index (χ0) is 18.8. The number of para-hydroxylation sites is 1. The number of carbonyl (C=O) groups excluding carboxylic acids is 1. The zero-order valence-corrected chi connectivity index (χ0v) is 15.6. The quantitative estimate of drug-likeness (QED) is 0.836. The number of hydrogen-bond acceptors (Lipinski definition) is 4. The summed E-state index contributed by atoms with van der Waals surface area (Å²) < 4.78 is 6.62. The van der Waals surface area contributed by atoms with E-state index in [1.54, 1.807) is 12.1 Å². The van der Waals surface area contributed by atoms with Crippen LogP contribution in [0.3, 0.4) is 0 Å². The molecule has 4 rings (SSSR count). The molecule has 0 radical (unpaired) electrons. The van der Waals surface area contributed by atoms with Crippen LogP contribution in [-0.2, 0) is 0 Å². The zero-order valence-electron chi connectivity index (χ0n) is 15.6. The van der Waals surface area contributed by atoms with Crippen LogP contribution in [0, 0.1) is 5.92 Å². The van der Waals surface area contributed by atoms with Gasteiger partial charge in [0.05, 0.1) is 18.9 Å². The van der Waals surface area contributed by atoms with Gasteiger partial charge in [0.25, 0.3) is 11.5 Å². The van der Waals surface area contributed by atoms with E-state index in [1.165, 1.54) is 43.5 Å². The molecule has 1 aliphatic heterocycles. The molecule has 2 aromatic rings. The van der Waals surface area contributed by atoms with Gasteiger partial charge < -0.3 is 9.64 Å². The van der Waals surface area contributed by atoms with Crippen LogP contribution in [0.1, 0.15) is 49.0 Å². The molecule has 2 heterocycles. The van der Waals surface area contributed by atoms with Gasteiger partial charge in [-0.05, 0) is 43.7 Å². The van der Waals surface area contributed by atoms with Gasteiger partial charge in [0.15, 0.2) is 11.4 Å². The number of hydrogen-bond donors (Lipinski definition) is 0. The van der Waals surface area contributed by atoms with Crippen molar-refractivity contribution in [3.8, 4) is 11.4 Å². The maximum Gasteiger partial charge on any atom is 0.278 e. The van der Waals surface area contributed by atoms with E-state index >= 15 is 0 Å². The third-order valence-electron chi connectivity index (χ3n) is 5.82. The number of rotatable bonds is 3. The first-order valence-electron chi connectivity index (χ1n) is 9.74. The van der Waals surface area contributed by atoms with E-state index in [9.17, 15) is 9.59 Å². The standard InChI is InChI=1S/C21H25N3O3/c1-27-18-14-19(25)24(16-10-3-2-4-11-16)22-20(18)21(26)23-13-7-9-15-8-5-6-12-17(15)23/h2-4,10-11,14-15,17H,5-9,12-13H2,1H3. The average molecular weight is 367 g/mol. The number of likely N-dealkylation sites (tertiary alicyclic amines) is 1. The SMILES string of the molecule is COc1cc(=O)n(-c2ccccc2)nc1C(=O)N1CCCC2CCCCC21. The molecule has 2 aliphatic rings. The summed E-state index contributed by atoms with van der Waals surface area (Å²) in [5.74, 6) is 0.700. The highest BCUT2D eigenvalue weighted by atomic mass is 16.5. The molecule has 0 spiro atoms. The average Bonchev–Trinajstić information content (AvgIpc) is 2.73. The molecule has 27 heavy (non-hydrogen) atoms. The van der Waals surface area contributed by atoms with Crippen molar-refractivity contribution in [2.75, 3.05) is 13.7 Å². The summed E-state index contributed by atoms with van der Waals surface area (Å²) in [5, 5.41) is 4.41. The lowest BCUT2D eigenvalue weighted by atomic mass is 9.78. The smallest absolute Gasteiger partial charge is 0.278 e. The van der Waals surface area contributed by atoms with Crippen LogP contribution in [0.2, 0.25) is 0 Å². The van der Waals surface area contributed by atoms with Gasteiger partial charge in [0.1, 0.15) is 0 Å². The van der Waals surface area contributed by atoms with E-state index < -0.39 is 0 Å². The van der Waals surface area contributed by atoms with Crippen LogP contribution in [-0.4, -0.2) is 40.3 Å². The number of methoxy groups -OCH3 is 1.